The van der Waals surface area contributed by atoms with Gasteiger partial charge in [-0.25, -0.2) is 4.39 Å². The third-order valence-electron chi connectivity index (χ3n) is 5.80. The van der Waals surface area contributed by atoms with Gasteiger partial charge in [-0.05, 0) is 44.5 Å². The van der Waals surface area contributed by atoms with Crippen molar-refractivity contribution in [3.8, 4) is 0 Å². The van der Waals surface area contributed by atoms with Crippen molar-refractivity contribution in [2.24, 2.45) is 5.73 Å². The molecular weight excluding hydrogens is 347 g/mol. The number of halogens is 1. The molecule has 3 N–H and O–H groups in total. The maximum absolute atomic E-state index is 14.0. The third kappa shape index (κ3) is 4.59. The zero-order chi connectivity index (χ0) is 19.4. The molecule has 3 rings (SSSR count). The zero-order valence-electron chi connectivity index (χ0n) is 16.3. The Balaban J connectivity index is 1.75. The van der Waals surface area contributed by atoms with E-state index in [0.717, 1.165) is 44.0 Å². The van der Waals surface area contributed by atoms with Crippen molar-refractivity contribution in [3.63, 3.8) is 0 Å². The fourth-order valence-electron chi connectivity index (χ4n) is 3.85. The number of nitrogens with one attached hydrogen (secondary N) is 1. The van der Waals surface area contributed by atoms with Crippen molar-refractivity contribution >= 4 is 11.6 Å². The van der Waals surface area contributed by atoms with Crippen LogP contribution in [0.15, 0.2) is 18.2 Å². The molecule has 2 aliphatic rings. The van der Waals surface area contributed by atoms with Crippen LogP contribution in [-0.2, 0) is 9.53 Å². The third-order valence-corrected chi connectivity index (χ3v) is 5.80. The molecule has 1 aromatic rings. The summed E-state index contributed by atoms with van der Waals surface area (Å²) < 4.78 is 19.3. The number of amides is 1. The molecule has 0 aliphatic carbocycles. The molecule has 27 heavy (non-hydrogen) atoms. The molecule has 0 radical (unpaired) electrons. The first kappa shape index (κ1) is 20.0. The van der Waals surface area contributed by atoms with Crippen molar-refractivity contribution < 1.29 is 13.9 Å². The highest BCUT2D eigenvalue weighted by Crippen LogP contribution is 2.29. The minimum atomic E-state index is -0.910. The highest BCUT2D eigenvalue weighted by molar-refractivity contribution is 5.86. The Morgan fingerprint density at radius 2 is 1.96 bits per heavy atom. The summed E-state index contributed by atoms with van der Waals surface area (Å²) in [6.45, 7) is 9.84. The average Bonchev–Trinajstić information content (AvgIpc) is 2.68. The van der Waals surface area contributed by atoms with Gasteiger partial charge in [-0.15, -0.1) is 0 Å². The molecule has 1 atom stereocenters. The second-order valence-electron chi connectivity index (χ2n) is 7.59. The van der Waals surface area contributed by atoms with E-state index in [9.17, 15) is 9.18 Å². The van der Waals surface area contributed by atoms with E-state index in [4.69, 9.17) is 10.5 Å². The summed E-state index contributed by atoms with van der Waals surface area (Å²) in [6.07, 6.45) is 1.00. The van der Waals surface area contributed by atoms with Crippen LogP contribution in [-0.4, -0.2) is 62.3 Å². The Labute approximate surface area is 160 Å². The van der Waals surface area contributed by atoms with Gasteiger partial charge in [0.05, 0.1) is 11.6 Å². The Kier molecular flexibility index (Phi) is 6.34. The Hall–Kier alpha value is -1.70. The van der Waals surface area contributed by atoms with Crippen LogP contribution >= 0.6 is 0 Å². The second-order valence-corrected chi connectivity index (χ2v) is 7.59. The zero-order valence-corrected chi connectivity index (χ0v) is 16.3. The predicted octanol–water partition coefficient (Wildman–Crippen LogP) is 1.65. The Morgan fingerprint density at radius 3 is 2.59 bits per heavy atom. The van der Waals surface area contributed by atoms with Gasteiger partial charge < -0.3 is 25.6 Å². The van der Waals surface area contributed by atoms with E-state index >= 15 is 0 Å². The number of nitrogens with zero attached hydrogens (tertiary/aromatic N) is 2. The molecule has 2 aliphatic heterocycles. The van der Waals surface area contributed by atoms with E-state index in [0.29, 0.717) is 26.1 Å². The number of piperazine rings is 1. The van der Waals surface area contributed by atoms with Crippen LogP contribution in [0.5, 0.6) is 0 Å². The number of carbonyl (C=O) groups is 1. The number of nitrogens with two attached hydrogens (primary N) is 1. The lowest BCUT2D eigenvalue weighted by Crippen LogP contribution is -2.57. The highest BCUT2D eigenvalue weighted by Gasteiger charge is 2.36. The summed E-state index contributed by atoms with van der Waals surface area (Å²) in [4.78, 5) is 17.4. The summed E-state index contributed by atoms with van der Waals surface area (Å²) in [5, 5.41) is 3.01. The van der Waals surface area contributed by atoms with Gasteiger partial charge in [-0.2, -0.15) is 0 Å². The number of hydrogen-bond acceptors (Lipinski definition) is 5. The number of benzene rings is 1. The van der Waals surface area contributed by atoms with Crippen molar-refractivity contribution in [3.05, 3.63) is 29.6 Å². The average molecular weight is 378 g/mol. The SMILES string of the molecule is CCN1CCN(c2ccc(F)cc2C(C)NC(=O)C2(N)CCOCC2)CC1. The monoisotopic (exact) mass is 378 g/mol. The first-order valence-corrected chi connectivity index (χ1v) is 9.87. The van der Waals surface area contributed by atoms with Crippen molar-refractivity contribution in [1.82, 2.24) is 10.2 Å². The molecule has 1 unspecified atom stereocenters. The van der Waals surface area contributed by atoms with Crippen molar-refractivity contribution in [2.45, 2.75) is 38.3 Å². The number of carbonyl (C=O) groups excluding carboxylic acids is 1. The van der Waals surface area contributed by atoms with Gasteiger partial charge in [-0.3, -0.25) is 4.79 Å². The first-order valence-electron chi connectivity index (χ1n) is 9.87. The minimum Gasteiger partial charge on any atom is -0.381 e. The van der Waals surface area contributed by atoms with Crippen LogP contribution in [0.1, 0.15) is 38.3 Å². The van der Waals surface area contributed by atoms with Crippen molar-refractivity contribution in [2.75, 3.05) is 50.8 Å². The van der Waals surface area contributed by atoms with Crippen LogP contribution in [0.25, 0.3) is 0 Å². The summed E-state index contributed by atoms with van der Waals surface area (Å²) in [5.41, 5.74) is 7.16. The number of likely N-dealkylation sites (N-methyl/N-ethyl adjacent to an activating group) is 1. The Morgan fingerprint density at radius 1 is 1.30 bits per heavy atom. The van der Waals surface area contributed by atoms with Crippen LogP contribution in [0.3, 0.4) is 0 Å². The van der Waals surface area contributed by atoms with E-state index in [-0.39, 0.29) is 17.8 Å². The number of rotatable bonds is 5. The summed E-state index contributed by atoms with van der Waals surface area (Å²) >= 11 is 0. The molecule has 2 heterocycles. The van der Waals surface area contributed by atoms with Gasteiger partial charge in [0.2, 0.25) is 5.91 Å². The lowest BCUT2D eigenvalue weighted by Gasteiger charge is -2.37. The summed E-state index contributed by atoms with van der Waals surface area (Å²) in [7, 11) is 0. The molecule has 0 saturated carbocycles. The highest BCUT2D eigenvalue weighted by atomic mass is 19.1. The molecule has 6 nitrogen and oxygen atoms in total. The maximum Gasteiger partial charge on any atom is 0.240 e. The summed E-state index contributed by atoms with van der Waals surface area (Å²) in [6, 6.07) is 4.51. The van der Waals surface area contributed by atoms with E-state index in [1.54, 1.807) is 0 Å². The van der Waals surface area contributed by atoms with E-state index in [2.05, 4.69) is 22.0 Å². The van der Waals surface area contributed by atoms with Gasteiger partial charge in [0.15, 0.2) is 0 Å². The Bertz CT molecular complexity index is 655. The number of anilines is 1. The molecule has 0 spiro atoms. The number of hydrogen-bond donors (Lipinski definition) is 2. The van der Waals surface area contributed by atoms with Gasteiger partial charge in [0, 0.05) is 50.6 Å². The smallest absolute Gasteiger partial charge is 0.240 e. The first-order chi connectivity index (χ1) is 12.9. The lowest BCUT2D eigenvalue weighted by molar-refractivity contribution is -0.130. The van der Waals surface area contributed by atoms with E-state index < -0.39 is 5.54 Å². The van der Waals surface area contributed by atoms with Crippen LogP contribution in [0.4, 0.5) is 10.1 Å². The standard InChI is InChI=1S/C20H31FN4O2/c1-3-24-8-10-25(11-9-24)18-5-4-16(21)14-17(18)15(2)23-19(26)20(22)6-12-27-13-7-20/h4-5,14-15H,3,6-13,22H2,1-2H3,(H,23,26). The largest absolute Gasteiger partial charge is 0.381 e. The topological polar surface area (TPSA) is 70.8 Å². The van der Waals surface area contributed by atoms with Gasteiger partial charge in [0.1, 0.15) is 5.82 Å². The molecule has 150 valence electrons. The normalized spacial score (nSPS) is 21.7. The molecule has 7 heteroatoms. The minimum absolute atomic E-state index is 0.190. The molecular formula is C20H31FN4O2. The van der Waals surface area contributed by atoms with Gasteiger partial charge in [-0.1, -0.05) is 6.92 Å². The maximum atomic E-state index is 14.0. The van der Waals surface area contributed by atoms with Crippen LogP contribution in [0, 0.1) is 5.82 Å². The van der Waals surface area contributed by atoms with Crippen molar-refractivity contribution in [1.29, 1.82) is 0 Å². The lowest BCUT2D eigenvalue weighted by atomic mass is 9.89. The quantitative estimate of drug-likeness (QED) is 0.815. The van der Waals surface area contributed by atoms with Gasteiger partial charge in [0.25, 0.3) is 0 Å². The fraction of sp³-hybridized carbons (Fsp3) is 0.650. The number of ether oxygens (including phenoxy) is 1. The molecule has 2 saturated heterocycles. The molecule has 1 aromatic carbocycles. The van der Waals surface area contributed by atoms with E-state index in [1.165, 1.54) is 12.1 Å². The molecule has 1 amide bonds. The van der Waals surface area contributed by atoms with Crippen LogP contribution in [0.2, 0.25) is 0 Å². The second kappa shape index (κ2) is 8.54. The van der Waals surface area contributed by atoms with E-state index in [1.807, 2.05) is 13.0 Å². The predicted molar refractivity (Wildman–Crippen MR) is 104 cm³/mol. The summed E-state index contributed by atoms with van der Waals surface area (Å²) in [5.74, 6) is -0.486. The van der Waals surface area contributed by atoms with Crippen LogP contribution < -0.4 is 16.0 Å². The molecule has 0 aromatic heterocycles. The fourth-order valence-corrected chi connectivity index (χ4v) is 3.85. The molecule has 0 bridgehead atoms. The molecule has 2 fully saturated rings. The van der Waals surface area contributed by atoms with Gasteiger partial charge >= 0.3 is 0 Å².